The number of aromatic amines is 1. The average Bonchev–Trinajstić information content (AvgIpc) is 2.52. The van der Waals surface area contributed by atoms with Gasteiger partial charge in [-0.25, -0.2) is 13.8 Å². The van der Waals surface area contributed by atoms with E-state index >= 15 is 0 Å². The van der Waals surface area contributed by atoms with Gasteiger partial charge < -0.3 is 10.3 Å². The Morgan fingerprint density at radius 2 is 2.00 bits per heavy atom. The minimum atomic E-state index is -0.710. The van der Waals surface area contributed by atoms with Gasteiger partial charge in [-0.2, -0.15) is 0 Å². The van der Waals surface area contributed by atoms with Crippen LogP contribution in [0.2, 0.25) is 0 Å². The first-order chi connectivity index (χ1) is 11.4. The van der Waals surface area contributed by atoms with E-state index in [0.29, 0.717) is 10.9 Å². The molecule has 0 spiro atoms. The fourth-order valence-electron chi connectivity index (χ4n) is 1.89. The number of halogens is 2. The number of nitrogens with one attached hydrogen (secondary N) is 2. The Morgan fingerprint density at radius 1 is 1.33 bits per heavy atom. The number of carbonyl (C=O) groups excluding carboxylic acids is 1. The van der Waals surface area contributed by atoms with Gasteiger partial charge in [-0.15, -0.1) is 0 Å². The zero-order chi connectivity index (χ0) is 17.7. The predicted octanol–water partition coefficient (Wildman–Crippen LogP) is 2.58. The smallest absolute Gasteiger partial charge is 0.251 e. The zero-order valence-electron chi connectivity index (χ0n) is 13.2. The monoisotopic (exact) mass is 353 g/mol. The number of rotatable bonds is 6. The fourth-order valence-corrected chi connectivity index (χ4v) is 2.60. The Bertz CT molecular complexity index is 773. The highest BCUT2D eigenvalue weighted by Crippen LogP contribution is 2.15. The van der Waals surface area contributed by atoms with E-state index in [1.165, 1.54) is 12.1 Å². The summed E-state index contributed by atoms with van der Waals surface area (Å²) in [6.45, 7) is 3.58. The fraction of sp³-hybridized carbons (Fsp3) is 0.312. The van der Waals surface area contributed by atoms with Gasteiger partial charge in [0.05, 0.1) is 11.4 Å². The van der Waals surface area contributed by atoms with E-state index in [4.69, 9.17) is 0 Å². The van der Waals surface area contributed by atoms with Gasteiger partial charge in [0.1, 0.15) is 11.6 Å². The van der Waals surface area contributed by atoms with Crippen molar-refractivity contribution in [3.63, 3.8) is 0 Å². The van der Waals surface area contributed by atoms with Crippen molar-refractivity contribution in [1.29, 1.82) is 0 Å². The number of thioether (sulfide) groups is 1. The van der Waals surface area contributed by atoms with Crippen LogP contribution in [0.25, 0.3) is 0 Å². The third-order valence-corrected chi connectivity index (χ3v) is 4.07. The van der Waals surface area contributed by atoms with Crippen molar-refractivity contribution in [2.45, 2.75) is 31.5 Å². The van der Waals surface area contributed by atoms with Crippen LogP contribution in [-0.4, -0.2) is 21.6 Å². The predicted molar refractivity (Wildman–Crippen MR) is 87.9 cm³/mol. The molecule has 0 unspecified atom stereocenters. The molecule has 0 aliphatic heterocycles. The van der Waals surface area contributed by atoms with E-state index in [1.807, 2.05) is 13.8 Å². The molecular formula is C16H17F2N3O2S. The van der Waals surface area contributed by atoms with Crippen molar-refractivity contribution >= 4 is 17.7 Å². The Hall–Kier alpha value is -2.22. The van der Waals surface area contributed by atoms with Gasteiger partial charge in [0.15, 0.2) is 5.16 Å². The van der Waals surface area contributed by atoms with E-state index < -0.39 is 17.5 Å². The van der Waals surface area contributed by atoms with Crippen LogP contribution in [-0.2, 0) is 11.3 Å². The topological polar surface area (TPSA) is 74.8 Å². The van der Waals surface area contributed by atoms with E-state index in [0.717, 1.165) is 23.9 Å². The molecule has 8 heteroatoms. The van der Waals surface area contributed by atoms with Crippen LogP contribution < -0.4 is 10.9 Å². The maximum atomic E-state index is 13.5. The summed E-state index contributed by atoms with van der Waals surface area (Å²) in [5.41, 5.74) is 0.157. The van der Waals surface area contributed by atoms with Crippen molar-refractivity contribution in [2.75, 3.05) is 5.75 Å². The van der Waals surface area contributed by atoms with Gasteiger partial charge in [-0.1, -0.05) is 31.7 Å². The average molecular weight is 353 g/mol. The van der Waals surface area contributed by atoms with Crippen LogP contribution in [0.15, 0.2) is 34.2 Å². The standard InChI is InChI=1S/C16H17F2N3O2S/c1-9(2)13-6-14(22)21-16(20-13)24-8-15(23)19-7-10-11(17)4-3-5-12(10)18/h3-6,9H,7-8H2,1-2H3,(H,19,23)(H,20,21,22). The third-order valence-electron chi connectivity index (χ3n) is 3.20. The molecule has 1 amide bonds. The van der Waals surface area contributed by atoms with E-state index in [-0.39, 0.29) is 29.3 Å². The minimum absolute atomic E-state index is 0.0272. The van der Waals surface area contributed by atoms with E-state index in [1.54, 1.807) is 0 Å². The molecular weight excluding hydrogens is 336 g/mol. The maximum Gasteiger partial charge on any atom is 0.251 e. The molecule has 0 aliphatic rings. The molecule has 2 N–H and O–H groups in total. The molecule has 0 atom stereocenters. The van der Waals surface area contributed by atoms with Gasteiger partial charge in [0, 0.05) is 18.2 Å². The first kappa shape index (κ1) is 18.1. The second-order valence-corrected chi connectivity index (χ2v) is 6.36. The Kier molecular flexibility index (Phi) is 6.08. The molecule has 1 aromatic carbocycles. The van der Waals surface area contributed by atoms with Gasteiger partial charge in [-0.05, 0) is 18.1 Å². The Balaban J connectivity index is 1.93. The molecule has 0 saturated heterocycles. The van der Waals surface area contributed by atoms with Crippen molar-refractivity contribution in [3.8, 4) is 0 Å². The quantitative estimate of drug-likeness (QED) is 0.618. The largest absolute Gasteiger partial charge is 0.351 e. The summed E-state index contributed by atoms with van der Waals surface area (Å²) in [5.74, 6) is -1.78. The number of hydrogen-bond acceptors (Lipinski definition) is 4. The molecule has 0 saturated carbocycles. The van der Waals surface area contributed by atoms with Crippen LogP contribution in [0.3, 0.4) is 0 Å². The molecule has 2 rings (SSSR count). The van der Waals surface area contributed by atoms with Crippen molar-refractivity contribution in [1.82, 2.24) is 15.3 Å². The van der Waals surface area contributed by atoms with Crippen molar-refractivity contribution in [2.24, 2.45) is 0 Å². The lowest BCUT2D eigenvalue weighted by Gasteiger charge is -2.08. The molecule has 0 radical (unpaired) electrons. The lowest BCUT2D eigenvalue weighted by Crippen LogP contribution is -2.26. The number of H-pyrrole nitrogens is 1. The summed E-state index contributed by atoms with van der Waals surface area (Å²) in [6, 6.07) is 4.93. The molecule has 1 aromatic heterocycles. The number of nitrogens with zero attached hydrogens (tertiary/aromatic N) is 1. The molecule has 1 heterocycles. The summed E-state index contributed by atoms with van der Waals surface area (Å²) in [5, 5.41) is 2.78. The van der Waals surface area contributed by atoms with Gasteiger partial charge in [0.2, 0.25) is 5.91 Å². The number of hydrogen-bond donors (Lipinski definition) is 2. The first-order valence-electron chi connectivity index (χ1n) is 7.30. The van der Waals surface area contributed by atoms with Crippen LogP contribution in [0, 0.1) is 11.6 Å². The van der Waals surface area contributed by atoms with Crippen LogP contribution >= 0.6 is 11.8 Å². The summed E-state index contributed by atoms with van der Waals surface area (Å²) >= 11 is 1.05. The van der Waals surface area contributed by atoms with Crippen LogP contribution in [0.4, 0.5) is 8.78 Å². The lowest BCUT2D eigenvalue weighted by molar-refractivity contribution is -0.118. The summed E-state index contributed by atoms with van der Waals surface area (Å²) in [6.07, 6.45) is 0. The van der Waals surface area contributed by atoms with E-state index in [2.05, 4.69) is 15.3 Å². The molecule has 0 bridgehead atoms. The molecule has 2 aromatic rings. The molecule has 128 valence electrons. The van der Waals surface area contributed by atoms with Crippen molar-refractivity contribution < 1.29 is 13.6 Å². The van der Waals surface area contributed by atoms with Gasteiger partial charge >= 0.3 is 0 Å². The van der Waals surface area contributed by atoms with Crippen molar-refractivity contribution in [3.05, 3.63) is 57.5 Å². The Labute approximate surface area is 141 Å². The molecule has 0 aliphatic carbocycles. The van der Waals surface area contributed by atoms with Crippen LogP contribution in [0.5, 0.6) is 0 Å². The number of benzene rings is 1. The lowest BCUT2D eigenvalue weighted by atomic mass is 10.1. The molecule has 0 fully saturated rings. The second-order valence-electron chi connectivity index (χ2n) is 5.40. The van der Waals surface area contributed by atoms with Gasteiger partial charge in [-0.3, -0.25) is 9.59 Å². The van der Waals surface area contributed by atoms with E-state index in [9.17, 15) is 18.4 Å². The normalized spacial score (nSPS) is 10.9. The van der Waals surface area contributed by atoms with Crippen LogP contribution in [0.1, 0.15) is 31.0 Å². The highest BCUT2D eigenvalue weighted by Gasteiger charge is 2.11. The molecule has 5 nitrogen and oxygen atoms in total. The molecule has 24 heavy (non-hydrogen) atoms. The highest BCUT2D eigenvalue weighted by atomic mass is 32.2. The summed E-state index contributed by atoms with van der Waals surface area (Å²) in [7, 11) is 0. The Morgan fingerprint density at radius 3 is 2.62 bits per heavy atom. The second kappa shape index (κ2) is 8.05. The highest BCUT2D eigenvalue weighted by molar-refractivity contribution is 7.99. The first-order valence-corrected chi connectivity index (χ1v) is 8.29. The SMILES string of the molecule is CC(C)c1cc(=O)[nH]c(SCC(=O)NCc2c(F)cccc2F)n1. The summed E-state index contributed by atoms with van der Waals surface area (Å²) in [4.78, 5) is 30.2. The summed E-state index contributed by atoms with van der Waals surface area (Å²) < 4.78 is 26.9. The minimum Gasteiger partial charge on any atom is -0.351 e. The number of amides is 1. The number of carbonyl (C=O) groups is 1. The van der Waals surface area contributed by atoms with Gasteiger partial charge in [0.25, 0.3) is 5.56 Å². The zero-order valence-corrected chi connectivity index (χ0v) is 14.0. The maximum absolute atomic E-state index is 13.5. The third kappa shape index (κ3) is 4.89. The number of aromatic nitrogens is 2.